The summed E-state index contributed by atoms with van der Waals surface area (Å²) in [6.45, 7) is -0.120. The van der Waals surface area contributed by atoms with Crippen molar-refractivity contribution < 1.29 is 19.4 Å². The maximum Gasteiger partial charge on any atom is 0.246 e. The van der Waals surface area contributed by atoms with Gasteiger partial charge in [-0.05, 0) is 24.3 Å². The first-order chi connectivity index (χ1) is 9.08. The summed E-state index contributed by atoms with van der Waals surface area (Å²) in [5.74, 6) is -0.814. The molecule has 19 heavy (non-hydrogen) atoms. The third-order valence-corrected chi connectivity index (χ3v) is 2.91. The van der Waals surface area contributed by atoms with Crippen LogP contribution in [0.1, 0.15) is 5.56 Å². The monoisotopic (exact) mass is 331 g/mol. The molecule has 2 N–H and O–H groups in total. The van der Waals surface area contributed by atoms with Gasteiger partial charge in [0, 0.05) is 29.2 Å². The van der Waals surface area contributed by atoms with E-state index in [0.29, 0.717) is 4.47 Å². The van der Waals surface area contributed by atoms with E-state index in [1.54, 1.807) is 12.1 Å². The van der Waals surface area contributed by atoms with E-state index in [-0.39, 0.29) is 37.8 Å². The van der Waals surface area contributed by atoms with Gasteiger partial charge in [0.15, 0.2) is 0 Å². The Morgan fingerprint density at radius 1 is 1.32 bits per heavy atom. The van der Waals surface area contributed by atoms with Gasteiger partial charge in [-0.2, -0.15) is 0 Å². The predicted octanol–water partition coefficient (Wildman–Crippen LogP) is 1.41. The Morgan fingerprint density at radius 3 is 2.53 bits per heavy atom. The van der Waals surface area contributed by atoms with E-state index in [2.05, 4.69) is 15.9 Å². The molecule has 0 atom stereocenters. The third-order valence-electron chi connectivity index (χ3n) is 2.42. The van der Waals surface area contributed by atoms with Crippen LogP contribution in [0.15, 0.2) is 28.7 Å². The molecule has 0 aromatic heterocycles. The Bertz CT molecular complexity index is 459. The molecule has 0 aliphatic heterocycles. The summed E-state index contributed by atoms with van der Waals surface area (Å²) in [6.07, 6.45) is 2.58. The lowest BCUT2D eigenvalue weighted by Crippen LogP contribution is -2.34. The molecule has 0 aliphatic rings. The Labute approximate surface area is 119 Å². The Morgan fingerprint density at radius 2 is 1.95 bits per heavy atom. The summed E-state index contributed by atoms with van der Waals surface area (Å²) in [6, 6.07) is 4.42. The van der Waals surface area contributed by atoms with Gasteiger partial charge in [-0.3, -0.25) is 4.79 Å². The fourth-order valence-electron chi connectivity index (χ4n) is 1.48. The molecule has 0 spiro atoms. The van der Waals surface area contributed by atoms with E-state index in [9.17, 15) is 9.18 Å². The first kappa shape index (κ1) is 15.8. The van der Waals surface area contributed by atoms with E-state index < -0.39 is 5.82 Å². The zero-order valence-electron chi connectivity index (χ0n) is 10.2. The van der Waals surface area contributed by atoms with Gasteiger partial charge >= 0.3 is 0 Å². The average Bonchev–Trinajstić information content (AvgIpc) is 2.39. The summed E-state index contributed by atoms with van der Waals surface area (Å²) in [5, 5.41) is 17.6. The maximum atomic E-state index is 13.4. The Balaban J connectivity index is 2.78. The maximum absolute atomic E-state index is 13.4. The number of rotatable bonds is 6. The van der Waals surface area contributed by atoms with Gasteiger partial charge in [-0.15, -0.1) is 0 Å². The predicted molar refractivity (Wildman–Crippen MR) is 73.9 cm³/mol. The smallest absolute Gasteiger partial charge is 0.246 e. The molecule has 6 heteroatoms. The van der Waals surface area contributed by atoms with E-state index >= 15 is 0 Å². The minimum absolute atomic E-state index is 0.130. The molecule has 1 aromatic rings. The molecule has 0 aliphatic carbocycles. The zero-order chi connectivity index (χ0) is 14.3. The summed E-state index contributed by atoms with van der Waals surface area (Å²) < 4.78 is 14.2. The first-order valence-corrected chi connectivity index (χ1v) is 6.51. The van der Waals surface area contributed by atoms with Gasteiger partial charge in [0.05, 0.1) is 13.2 Å². The second-order valence-corrected chi connectivity index (χ2v) is 4.69. The summed E-state index contributed by atoms with van der Waals surface area (Å²) in [7, 11) is 0. The van der Waals surface area contributed by atoms with E-state index in [1.165, 1.54) is 23.1 Å². The fourth-order valence-corrected chi connectivity index (χ4v) is 1.86. The van der Waals surface area contributed by atoms with Gasteiger partial charge in [-0.1, -0.05) is 15.9 Å². The van der Waals surface area contributed by atoms with Crippen LogP contribution in [0.2, 0.25) is 0 Å². The molecule has 0 fully saturated rings. The zero-order valence-corrected chi connectivity index (χ0v) is 11.8. The molecule has 0 heterocycles. The van der Waals surface area contributed by atoms with Crippen molar-refractivity contribution in [1.29, 1.82) is 0 Å². The standard InChI is InChI=1S/C13H15BrFNO3/c14-11-2-3-12(15)10(9-11)1-4-13(19)16(5-7-17)6-8-18/h1-4,9,17-18H,5-8H2. The highest BCUT2D eigenvalue weighted by Gasteiger charge is 2.09. The molecule has 104 valence electrons. The van der Waals surface area contributed by atoms with Crippen LogP contribution in [0.3, 0.4) is 0 Å². The van der Waals surface area contributed by atoms with Crippen LogP contribution in [0.5, 0.6) is 0 Å². The number of hydrogen-bond acceptors (Lipinski definition) is 3. The van der Waals surface area contributed by atoms with Crippen LogP contribution < -0.4 is 0 Å². The second-order valence-electron chi connectivity index (χ2n) is 3.77. The first-order valence-electron chi connectivity index (χ1n) is 5.72. The summed E-state index contributed by atoms with van der Waals surface area (Å²) in [4.78, 5) is 13.1. The Kier molecular flexibility index (Phi) is 6.69. The highest BCUT2D eigenvalue weighted by Crippen LogP contribution is 2.16. The SMILES string of the molecule is O=C(C=Cc1cc(Br)ccc1F)N(CCO)CCO. The van der Waals surface area contributed by atoms with Gasteiger partial charge in [0.2, 0.25) is 5.91 Å². The number of halogens is 2. The number of aliphatic hydroxyl groups excluding tert-OH is 2. The molecule has 0 saturated heterocycles. The van der Waals surface area contributed by atoms with Gasteiger partial charge < -0.3 is 15.1 Å². The molecule has 0 unspecified atom stereocenters. The number of hydrogen-bond donors (Lipinski definition) is 2. The highest BCUT2D eigenvalue weighted by molar-refractivity contribution is 9.10. The Hall–Kier alpha value is -1.24. The quantitative estimate of drug-likeness (QED) is 0.775. The van der Waals surface area contributed by atoms with Gasteiger partial charge in [0.25, 0.3) is 0 Å². The molecular weight excluding hydrogens is 317 g/mol. The van der Waals surface area contributed by atoms with Crippen molar-refractivity contribution in [3.8, 4) is 0 Å². The van der Waals surface area contributed by atoms with Gasteiger partial charge in [-0.25, -0.2) is 4.39 Å². The van der Waals surface area contributed by atoms with Crippen molar-refractivity contribution in [2.75, 3.05) is 26.3 Å². The molecular formula is C13H15BrFNO3. The summed E-state index contributed by atoms with van der Waals surface area (Å²) >= 11 is 3.22. The lowest BCUT2D eigenvalue weighted by atomic mass is 10.2. The average molecular weight is 332 g/mol. The molecule has 0 bridgehead atoms. The van der Waals surface area contributed by atoms with Crippen molar-refractivity contribution in [3.63, 3.8) is 0 Å². The lowest BCUT2D eigenvalue weighted by Gasteiger charge is -2.18. The molecule has 1 aromatic carbocycles. The minimum Gasteiger partial charge on any atom is -0.395 e. The lowest BCUT2D eigenvalue weighted by molar-refractivity contribution is -0.126. The molecule has 1 rings (SSSR count). The molecule has 1 amide bonds. The number of carbonyl (C=O) groups is 1. The fraction of sp³-hybridized carbons (Fsp3) is 0.308. The number of aliphatic hydroxyl groups is 2. The van der Waals surface area contributed by atoms with Crippen molar-refractivity contribution in [2.45, 2.75) is 0 Å². The second kappa shape index (κ2) is 8.04. The van der Waals surface area contributed by atoms with Crippen molar-refractivity contribution in [1.82, 2.24) is 4.90 Å². The number of nitrogens with zero attached hydrogens (tertiary/aromatic N) is 1. The van der Waals surface area contributed by atoms with Crippen LogP contribution in [0.4, 0.5) is 4.39 Å². The van der Waals surface area contributed by atoms with Crippen LogP contribution in [-0.2, 0) is 4.79 Å². The normalized spacial score (nSPS) is 10.9. The van der Waals surface area contributed by atoms with Crippen molar-refractivity contribution in [2.24, 2.45) is 0 Å². The molecule has 4 nitrogen and oxygen atoms in total. The number of carbonyl (C=O) groups excluding carboxylic acids is 1. The highest BCUT2D eigenvalue weighted by atomic mass is 79.9. The van der Waals surface area contributed by atoms with Crippen LogP contribution in [-0.4, -0.2) is 47.3 Å². The minimum atomic E-state index is -0.428. The molecule has 0 saturated carbocycles. The van der Waals surface area contributed by atoms with Crippen LogP contribution >= 0.6 is 15.9 Å². The largest absolute Gasteiger partial charge is 0.395 e. The van der Waals surface area contributed by atoms with Crippen LogP contribution in [0.25, 0.3) is 6.08 Å². The van der Waals surface area contributed by atoms with Crippen molar-refractivity contribution in [3.05, 3.63) is 40.1 Å². The van der Waals surface area contributed by atoms with Gasteiger partial charge in [0.1, 0.15) is 5.82 Å². The topological polar surface area (TPSA) is 60.8 Å². The van der Waals surface area contributed by atoms with E-state index in [4.69, 9.17) is 10.2 Å². The number of benzene rings is 1. The molecule has 0 radical (unpaired) electrons. The van der Waals surface area contributed by atoms with Crippen LogP contribution in [0, 0.1) is 5.82 Å². The number of amides is 1. The van der Waals surface area contributed by atoms with E-state index in [0.717, 1.165) is 0 Å². The van der Waals surface area contributed by atoms with Crippen molar-refractivity contribution >= 4 is 27.9 Å². The third kappa shape index (κ3) is 5.10. The summed E-state index contributed by atoms with van der Waals surface area (Å²) in [5.41, 5.74) is 0.288. The van der Waals surface area contributed by atoms with E-state index in [1.807, 2.05) is 0 Å².